The van der Waals surface area contributed by atoms with Gasteiger partial charge in [-0.2, -0.15) is 0 Å². The molecule has 0 aliphatic carbocycles. The summed E-state index contributed by atoms with van der Waals surface area (Å²) < 4.78 is 16.2. The molecule has 1 atom stereocenters. The molecule has 102 valence electrons. The third-order valence-corrected chi connectivity index (χ3v) is 2.68. The molecule has 0 aliphatic rings. The van der Waals surface area contributed by atoms with E-state index in [1.54, 1.807) is 14.2 Å². The standard InChI is InChI=1S/C14H23NO3/c1-5-15-9-12-6-7-13(17-4)14(8-12)18-10-11(2)16-3/h6-8,11,15H,5,9-10H2,1-4H3. The fraction of sp³-hybridized carbons (Fsp3) is 0.571. The first-order valence-electron chi connectivity index (χ1n) is 6.24. The van der Waals surface area contributed by atoms with Gasteiger partial charge < -0.3 is 19.5 Å². The number of methoxy groups -OCH3 is 2. The molecule has 1 N–H and O–H groups in total. The van der Waals surface area contributed by atoms with Gasteiger partial charge in [0.2, 0.25) is 0 Å². The van der Waals surface area contributed by atoms with Crippen molar-refractivity contribution in [1.82, 2.24) is 5.32 Å². The first-order chi connectivity index (χ1) is 8.71. The molecule has 0 aromatic heterocycles. The van der Waals surface area contributed by atoms with E-state index in [0.29, 0.717) is 6.61 Å². The number of nitrogens with one attached hydrogen (secondary N) is 1. The smallest absolute Gasteiger partial charge is 0.161 e. The minimum atomic E-state index is 0.0622. The second kappa shape index (κ2) is 7.95. The van der Waals surface area contributed by atoms with Crippen molar-refractivity contribution in [2.24, 2.45) is 0 Å². The predicted molar refractivity (Wildman–Crippen MR) is 72.3 cm³/mol. The lowest BCUT2D eigenvalue weighted by Gasteiger charge is -2.15. The van der Waals surface area contributed by atoms with Crippen LogP contribution in [0, 0.1) is 0 Å². The summed E-state index contributed by atoms with van der Waals surface area (Å²) in [4.78, 5) is 0. The molecule has 0 radical (unpaired) electrons. The molecule has 0 fully saturated rings. The summed E-state index contributed by atoms with van der Waals surface area (Å²) in [6, 6.07) is 5.97. The zero-order valence-corrected chi connectivity index (χ0v) is 11.7. The van der Waals surface area contributed by atoms with E-state index in [9.17, 15) is 0 Å². The molecular weight excluding hydrogens is 230 g/mol. The van der Waals surface area contributed by atoms with Crippen LogP contribution in [0.15, 0.2) is 18.2 Å². The van der Waals surface area contributed by atoms with E-state index in [4.69, 9.17) is 14.2 Å². The zero-order chi connectivity index (χ0) is 13.4. The quantitative estimate of drug-likeness (QED) is 0.771. The van der Waals surface area contributed by atoms with Crippen LogP contribution in [0.2, 0.25) is 0 Å². The van der Waals surface area contributed by atoms with Crippen LogP contribution in [-0.2, 0) is 11.3 Å². The minimum Gasteiger partial charge on any atom is -0.493 e. The average molecular weight is 253 g/mol. The van der Waals surface area contributed by atoms with E-state index < -0.39 is 0 Å². The Morgan fingerprint density at radius 1 is 1.22 bits per heavy atom. The molecule has 0 heterocycles. The lowest BCUT2D eigenvalue weighted by atomic mass is 10.2. The zero-order valence-electron chi connectivity index (χ0n) is 11.7. The molecule has 0 saturated heterocycles. The number of ether oxygens (including phenoxy) is 3. The van der Waals surface area contributed by atoms with Crippen molar-refractivity contribution in [2.45, 2.75) is 26.5 Å². The number of hydrogen-bond donors (Lipinski definition) is 1. The molecule has 4 nitrogen and oxygen atoms in total. The Balaban J connectivity index is 2.71. The Kier molecular flexibility index (Phi) is 6.54. The third-order valence-electron chi connectivity index (χ3n) is 2.68. The largest absolute Gasteiger partial charge is 0.493 e. The second-order valence-corrected chi connectivity index (χ2v) is 4.12. The molecular formula is C14H23NO3. The maximum absolute atomic E-state index is 5.72. The highest BCUT2D eigenvalue weighted by atomic mass is 16.5. The number of rotatable bonds is 8. The van der Waals surface area contributed by atoms with Crippen LogP contribution in [0.3, 0.4) is 0 Å². The Bertz CT molecular complexity index is 355. The van der Waals surface area contributed by atoms with Gasteiger partial charge in [0, 0.05) is 13.7 Å². The molecule has 1 unspecified atom stereocenters. The molecule has 0 saturated carbocycles. The minimum absolute atomic E-state index is 0.0622. The van der Waals surface area contributed by atoms with Crippen LogP contribution in [-0.4, -0.2) is 33.5 Å². The lowest BCUT2D eigenvalue weighted by Crippen LogP contribution is -2.16. The Hall–Kier alpha value is -1.26. The van der Waals surface area contributed by atoms with E-state index in [0.717, 1.165) is 24.6 Å². The number of benzene rings is 1. The lowest BCUT2D eigenvalue weighted by molar-refractivity contribution is 0.0705. The summed E-state index contributed by atoms with van der Waals surface area (Å²) in [5, 5.41) is 3.28. The van der Waals surface area contributed by atoms with Gasteiger partial charge in [0.25, 0.3) is 0 Å². The normalized spacial score (nSPS) is 12.2. The van der Waals surface area contributed by atoms with Crippen LogP contribution in [0.25, 0.3) is 0 Å². The average Bonchev–Trinajstić information content (AvgIpc) is 2.42. The summed E-state index contributed by atoms with van der Waals surface area (Å²) in [7, 11) is 3.32. The summed E-state index contributed by atoms with van der Waals surface area (Å²) in [5.41, 5.74) is 1.18. The number of hydrogen-bond acceptors (Lipinski definition) is 4. The SMILES string of the molecule is CCNCc1ccc(OC)c(OCC(C)OC)c1. The summed E-state index contributed by atoms with van der Waals surface area (Å²) >= 11 is 0. The fourth-order valence-electron chi connectivity index (χ4n) is 1.49. The van der Waals surface area contributed by atoms with Gasteiger partial charge in [-0.25, -0.2) is 0 Å². The summed E-state index contributed by atoms with van der Waals surface area (Å²) in [6.45, 7) is 6.34. The van der Waals surface area contributed by atoms with Crippen LogP contribution in [0.5, 0.6) is 11.5 Å². The van der Waals surface area contributed by atoms with Crippen LogP contribution in [0.4, 0.5) is 0 Å². The van der Waals surface area contributed by atoms with Gasteiger partial charge in [0.05, 0.1) is 13.2 Å². The van der Waals surface area contributed by atoms with Gasteiger partial charge in [-0.15, -0.1) is 0 Å². The van der Waals surface area contributed by atoms with E-state index in [2.05, 4.69) is 12.2 Å². The van der Waals surface area contributed by atoms with E-state index in [1.165, 1.54) is 5.56 Å². The van der Waals surface area contributed by atoms with Crippen molar-refractivity contribution in [3.63, 3.8) is 0 Å². The molecule has 18 heavy (non-hydrogen) atoms. The van der Waals surface area contributed by atoms with E-state index >= 15 is 0 Å². The second-order valence-electron chi connectivity index (χ2n) is 4.12. The van der Waals surface area contributed by atoms with E-state index in [-0.39, 0.29) is 6.10 Å². The molecule has 1 rings (SSSR count). The Morgan fingerprint density at radius 3 is 2.61 bits per heavy atom. The highest BCUT2D eigenvalue weighted by molar-refractivity contribution is 5.42. The molecule has 0 spiro atoms. The Labute approximate surface area is 109 Å². The molecule has 4 heteroatoms. The highest BCUT2D eigenvalue weighted by Crippen LogP contribution is 2.28. The van der Waals surface area contributed by atoms with Crippen LogP contribution in [0.1, 0.15) is 19.4 Å². The summed E-state index contributed by atoms with van der Waals surface area (Å²) in [6.07, 6.45) is 0.0622. The third kappa shape index (κ3) is 4.55. The van der Waals surface area contributed by atoms with E-state index in [1.807, 2.05) is 25.1 Å². The topological polar surface area (TPSA) is 39.7 Å². The van der Waals surface area contributed by atoms with Crippen molar-refractivity contribution >= 4 is 0 Å². The van der Waals surface area contributed by atoms with Crippen molar-refractivity contribution in [3.8, 4) is 11.5 Å². The predicted octanol–water partition coefficient (Wildman–Crippen LogP) is 2.22. The van der Waals surface area contributed by atoms with Gasteiger partial charge in [-0.05, 0) is 31.2 Å². The first-order valence-corrected chi connectivity index (χ1v) is 6.24. The molecule has 0 bridgehead atoms. The Morgan fingerprint density at radius 2 is 2.00 bits per heavy atom. The van der Waals surface area contributed by atoms with Gasteiger partial charge in [-0.1, -0.05) is 13.0 Å². The van der Waals surface area contributed by atoms with Crippen molar-refractivity contribution in [2.75, 3.05) is 27.4 Å². The molecule has 0 aliphatic heterocycles. The molecule has 0 amide bonds. The maximum atomic E-state index is 5.72. The summed E-state index contributed by atoms with van der Waals surface area (Å²) in [5.74, 6) is 1.51. The van der Waals surface area contributed by atoms with Gasteiger partial charge in [-0.3, -0.25) is 0 Å². The molecule has 1 aromatic carbocycles. The molecule has 1 aromatic rings. The maximum Gasteiger partial charge on any atom is 0.161 e. The highest BCUT2D eigenvalue weighted by Gasteiger charge is 2.08. The fourth-order valence-corrected chi connectivity index (χ4v) is 1.49. The monoisotopic (exact) mass is 253 g/mol. The van der Waals surface area contributed by atoms with Gasteiger partial charge in [0.1, 0.15) is 6.61 Å². The van der Waals surface area contributed by atoms with Crippen molar-refractivity contribution in [1.29, 1.82) is 0 Å². The van der Waals surface area contributed by atoms with Crippen molar-refractivity contribution < 1.29 is 14.2 Å². The van der Waals surface area contributed by atoms with Crippen molar-refractivity contribution in [3.05, 3.63) is 23.8 Å². The van der Waals surface area contributed by atoms with Gasteiger partial charge in [0.15, 0.2) is 11.5 Å². The van der Waals surface area contributed by atoms with Gasteiger partial charge >= 0.3 is 0 Å². The van der Waals surface area contributed by atoms with Crippen LogP contribution < -0.4 is 14.8 Å². The first kappa shape index (κ1) is 14.8. The van der Waals surface area contributed by atoms with Crippen LogP contribution >= 0.6 is 0 Å².